The van der Waals surface area contributed by atoms with Gasteiger partial charge in [0, 0.05) is 38.3 Å². The van der Waals surface area contributed by atoms with Crippen molar-refractivity contribution in [2.24, 2.45) is 0 Å². The number of methoxy groups -OCH3 is 1. The Morgan fingerprint density at radius 1 is 1.08 bits per heavy atom. The van der Waals surface area contributed by atoms with Gasteiger partial charge in [-0.05, 0) is 49.9 Å². The molecular weight excluding hydrogens is 330 g/mol. The minimum Gasteiger partial charge on any atom is -0.497 e. The molecule has 0 spiro atoms. The molecular formula is C20H27N3O3. The Balaban J connectivity index is 1.42. The van der Waals surface area contributed by atoms with E-state index in [4.69, 9.17) is 4.74 Å². The molecule has 0 saturated carbocycles. The molecule has 6 nitrogen and oxygen atoms in total. The minimum atomic E-state index is -0.0276. The Morgan fingerprint density at radius 3 is 2.38 bits per heavy atom. The lowest BCUT2D eigenvalue weighted by molar-refractivity contribution is 0.0665. The molecule has 0 radical (unpaired) electrons. The van der Waals surface area contributed by atoms with Gasteiger partial charge in [0.15, 0.2) is 0 Å². The Hall–Kier alpha value is -2.50. The fraction of sp³-hybridized carbons (Fsp3) is 0.500. The van der Waals surface area contributed by atoms with Crippen LogP contribution in [0.25, 0.3) is 0 Å². The van der Waals surface area contributed by atoms with E-state index in [0.29, 0.717) is 38.3 Å². The molecule has 0 aromatic heterocycles. The third-order valence-corrected chi connectivity index (χ3v) is 5.05. The number of nitrogens with one attached hydrogen (secondary N) is 1. The second-order valence-electron chi connectivity index (χ2n) is 6.74. The molecule has 1 aromatic carbocycles. The fourth-order valence-electron chi connectivity index (χ4n) is 3.44. The first-order valence-electron chi connectivity index (χ1n) is 9.31. The number of nitrogens with zero attached hydrogens (tertiary/aromatic N) is 2. The van der Waals surface area contributed by atoms with Crippen LogP contribution < -0.4 is 10.1 Å². The summed E-state index contributed by atoms with van der Waals surface area (Å²) in [6, 6.07) is 7.10. The Kier molecular flexibility index (Phi) is 6.15. The number of benzene rings is 1. The lowest BCUT2D eigenvalue weighted by atomic mass is 10.1. The summed E-state index contributed by atoms with van der Waals surface area (Å²) < 4.78 is 5.12. The van der Waals surface area contributed by atoms with Crippen LogP contribution in [0.4, 0.5) is 4.79 Å². The summed E-state index contributed by atoms with van der Waals surface area (Å²) in [5.41, 5.74) is 2.11. The summed E-state index contributed by atoms with van der Waals surface area (Å²) in [6.45, 7) is 2.94. The summed E-state index contributed by atoms with van der Waals surface area (Å²) >= 11 is 0. The van der Waals surface area contributed by atoms with Crippen LogP contribution in [0.1, 0.15) is 36.0 Å². The molecule has 1 aliphatic carbocycles. The predicted molar refractivity (Wildman–Crippen MR) is 100 cm³/mol. The van der Waals surface area contributed by atoms with Crippen molar-refractivity contribution in [3.8, 4) is 5.75 Å². The molecule has 0 unspecified atom stereocenters. The van der Waals surface area contributed by atoms with Gasteiger partial charge >= 0.3 is 6.03 Å². The maximum atomic E-state index is 12.6. The monoisotopic (exact) mass is 357 g/mol. The standard InChI is InChI=1S/C20H27N3O3/c1-26-18-8-6-17(7-9-18)19(24)22-12-14-23(15-13-22)20(25)21-11-10-16-4-2-3-5-16/h4,6-9H,2-3,5,10-15H2,1H3,(H,21,25). The highest BCUT2D eigenvalue weighted by molar-refractivity contribution is 5.94. The molecule has 1 heterocycles. The largest absolute Gasteiger partial charge is 0.497 e. The number of urea groups is 1. The average Bonchev–Trinajstić information content (AvgIpc) is 3.21. The Labute approximate surface area is 154 Å². The third-order valence-electron chi connectivity index (χ3n) is 5.05. The van der Waals surface area contributed by atoms with Crippen LogP contribution in [0.15, 0.2) is 35.9 Å². The molecule has 1 N–H and O–H groups in total. The van der Waals surface area contributed by atoms with E-state index < -0.39 is 0 Å². The molecule has 1 aliphatic heterocycles. The zero-order valence-electron chi connectivity index (χ0n) is 15.4. The highest BCUT2D eigenvalue weighted by atomic mass is 16.5. The van der Waals surface area contributed by atoms with Crippen LogP contribution in [-0.2, 0) is 0 Å². The third kappa shape index (κ3) is 4.56. The summed E-state index contributed by atoms with van der Waals surface area (Å²) in [6.07, 6.45) is 6.82. The van der Waals surface area contributed by atoms with Crippen LogP contribution >= 0.6 is 0 Å². The second-order valence-corrected chi connectivity index (χ2v) is 6.74. The van der Waals surface area contributed by atoms with Crippen molar-refractivity contribution in [2.75, 3.05) is 39.8 Å². The number of allylic oxidation sites excluding steroid dienone is 1. The van der Waals surface area contributed by atoms with Gasteiger partial charge in [-0.1, -0.05) is 11.6 Å². The van der Waals surface area contributed by atoms with Crippen molar-refractivity contribution in [2.45, 2.75) is 25.7 Å². The van der Waals surface area contributed by atoms with Crippen molar-refractivity contribution in [1.29, 1.82) is 0 Å². The van der Waals surface area contributed by atoms with E-state index in [1.165, 1.54) is 24.8 Å². The first-order valence-corrected chi connectivity index (χ1v) is 9.31. The highest BCUT2D eigenvalue weighted by Gasteiger charge is 2.24. The summed E-state index contributed by atoms with van der Waals surface area (Å²) in [4.78, 5) is 28.4. The topological polar surface area (TPSA) is 61.9 Å². The van der Waals surface area contributed by atoms with E-state index in [1.54, 1.807) is 41.2 Å². The SMILES string of the molecule is COc1ccc(C(=O)N2CCN(C(=O)NCCC3=CCCC3)CC2)cc1. The number of hydrogen-bond donors (Lipinski definition) is 1. The molecule has 26 heavy (non-hydrogen) atoms. The van der Waals surface area contributed by atoms with Gasteiger partial charge in [0.2, 0.25) is 0 Å². The zero-order valence-corrected chi connectivity index (χ0v) is 15.4. The molecule has 3 rings (SSSR count). The van der Waals surface area contributed by atoms with E-state index in [-0.39, 0.29) is 11.9 Å². The van der Waals surface area contributed by atoms with Crippen LogP contribution in [-0.4, -0.2) is 61.6 Å². The molecule has 3 amide bonds. The molecule has 1 fully saturated rings. The average molecular weight is 357 g/mol. The van der Waals surface area contributed by atoms with E-state index in [1.807, 2.05) is 0 Å². The quantitative estimate of drug-likeness (QED) is 0.824. The second kappa shape index (κ2) is 8.74. The van der Waals surface area contributed by atoms with Crippen molar-refractivity contribution >= 4 is 11.9 Å². The lowest BCUT2D eigenvalue weighted by Gasteiger charge is -2.34. The zero-order chi connectivity index (χ0) is 18.4. The summed E-state index contributed by atoms with van der Waals surface area (Å²) in [7, 11) is 1.60. The number of piperazine rings is 1. The maximum Gasteiger partial charge on any atom is 0.317 e. The number of carbonyl (C=O) groups excluding carboxylic acids is 2. The first kappa shape index (κ1) is 18.3. The molecule has 2 aliphatic rings. The molecule has 6 heteroatoms. The van der Waals surface area contributed by atoms with Crippen molar-refractivity contribution in [1.82, 2.24) is 15.1 Å². The molecule has 0 bridgehead atoms. The Morgan fingerprint density at radius 2 is 1.77 bits per heavy atom. The van der Waals surface area contributed by atoms with Gasteiger partial charge in [0.05, 0.1) is 7.11 Å². The van der Waals surface area contributed by atoms with Gasteiger partial charge in [-0.15, -0.1) is 0 Å². The van der Waals surface area contributed by atoms with Gasteiger partial charge in [-0.2, -0.15) is 0 Å². The van der Waals surface area contributed by atoms with Crippen LogP contribution in [0.3, 0.4) is 0 Å². The van der Waals surface area contributed by atoms with Crippen LogP contribution in [0.2, 0.25) is 0 Å². The molecule has 1 saturated heterocycles. The van der Waals surface area contributed by atoms with E-state index in [0.717, 1.165) is 12.2 Å². The Bertz CT molecular complexity index is 661. The lowest BCUT2D eigenvalue weighted by Crippen LogP contribution is -2.53. The maximum absolute atomic E-state index is 12.6. The van der Waals surface area contributed by atoms with Gasteiger partial charge < -0.3 is 19.9 Å². The van der Waals surface area contributed by atoms with Crippen molar-refractivity contribution in [3.05, 3.63) is 41.5 Å². The normalized spacial score (nSPS) is 17.0. The molecule has 0 atom stereocenters. The summed E-state index contributed by atoms with van der Waals surface area (Å²) in [5, 5.41) is 3.00. The van der Waals surface area contributed by atoms with Gasteiger partial charge in [-0.25, -0.2) is 4.79 Å². The first-order chi connectivity index (χ1) is 12.7. The summed E-state index contributed by atoms with van der Waals surface area (Å²) in [5.74, 6) is 0.734. The number of amides is 3. The smallest absolute Gasteiger partial charge is 0.317 e. The predicted octanol–water partition coefficient (Wildman–Crippen LogP) is 2.66. The van der Waals surface area contributed by atoms with Gasteiger partial charge in [0.1, 0.15) is 5.75 Å². The number of rotatable bonds is 5. The van der Waals surface area contributed by atoms with Gasteiger partial charge in [-0.3, -0.25) is 4.79 Å². The van der Waals surface area contributed by atoms with Crippen LogP contribution in [0, 0.1) is 0 Å². The van der Waals surface area contributed by atoms with Crippen molar-refractivity contribution < 1.29 is 14.3 Å². The highest BCUT2D eigenvalue weighted by Crippen LogP contribution is 2.19. The fourth-order valence-corrected chi connectivity index (χ4v) is 3.44. The molecule has 140 valence electrons. The minimum absolute atomic E-state index is 0.000816. The number of hydrogen-bond acceptors (Lipinski definition) is 3. The van der Waals surface area contributed by atoms with E-state index >= 15 is 0 Å². The molecule has 1 aromatic rings. The van der Waals surface area contributed by atoms with Crippen molar-refractivity contribution in [3.63, 3.8) is 0 Å². The number of ether oxygens (including phenoxy) is 1. The van der Waals surface area contributed by atoms with E-state index in [9.17, 15) is 9.59 Å². The van der Waals surface area contributed by atoms with Crippen LogP contribution in [0.5, 0.6) is 5.75 Å². The van der Waals surface area contributed by atoms with E-state index in [2.05, 4.69) is 11.4 Å². The van der Waals surface area contributed by atoms with Gasteiger partial charge in [0.25, 0.3) is 5.91 Å². The number of carbonyl (C=O) groups is 2.